The van der Waals surface area contributed by atoms with Crippen LogP contribution in [0.15, 0.2) is 0 Å². The van der Waals surface area contributed by atoms with Crippen LogP contribution < -0.4 is 0 Å². The summed E-state index contributed by atoms with van der Waals surface area (Å²) in [6.45, 7) is -0.915. The van der Waals surface area contributed by atoms with Crippen LogP contribution in [-0.4, -0.2) is 50.4 Å². The van der Waals surface area contributed by atoms with Crippen molar-refractivity contribution in [1.82, 2.24) is 0 Å². The third-order valence-corrected chi connectivity index (χ3v) is 3.53. The highest BCUT2D eigenvalue weighted by Gasteiger charge is 2.28. The highest BCUT2D eigenvalue weighted by molar-refractivity contribution is 7.91. The number of carboxylic acid groups (broad SMARTS) is 1. The SMILES string of the molecule is CC(CS(=O)(=O)CCOCC(F)(F)F)C(=O)O. The lowest BCUT2D eigenvalue weighted by atomic mass is 10.2. The van der Waals surface area contributed by atoms with E-state index in [-0.39, 0.29) is 0 Å². The van der Waals surface area contributed by atoms with Gasteiger partial charge in [0.05, 0.1) is 24.0 Å². The first kappa shape index (κ1) is 16.2. The van der Waals surface area contributed by atoms with Crippen LogP contribution in [0.3, 0.4) is 0 Å². The van der Waals surface area contributed by atoms with E-state index in [4.69, 9.17) is 5.11 Å². The fourth-order valence-electron chi connectivity index (χ4n) is 0.909. The van der Waals surface area contributed by atoms with Crippen LogP contribution in [0.4, 0.5) is 13.2 Å². The Balaban J connectivity index is 3.99. The summed E-state index contributed by atoms with van der Waals surface area (Å²) in [5, 5.41) is 8.48. The molecule has 9 heteroatoms. The van der Waals surface area contributed by atoms with E-state index in [0.29, 0.717) is 0 Å². The van der Waals surface area contributed by atoms with E-state index < -0.39 is 52.6 Å². The number of alkyl halides is 3. The lowest BCUT2D eigenvalue weighted by molar-refractivity contribution is -0.172. The number of aliphatic carboxylic acids is 1. The third-order valence-electron chi connectivity index (χ3n) is 1.73. The summed E-state index contributed by atoms with van der Waals surface area (Å²) in [5.41, 5.74) is 0. The van der Waals surface area contributed by atoms with E-state index in [0.717, 1.165) is 0 Å². The molecule has 0 fully saturated rings. The van der Waals surface area contributed by atoms with Gasteiger partial charge >= 0.3 is 12.1 Å². The molecule has 0 bridgehead atoms. The Morgan fingerprint density at radius 1 is 1.41 bits per heavy atom. The zero-order valence-electron chi connectivity index (χ0n) is 9.03. The van der Waals surface area contributed by atoms with E-state index in [1.807, 2.05) is 0 Å². The van der Waals surface area contributed by atoms with Crippen molar-refractivity contribution in [3.8, 4) is 0 Å². The Bertz CT molecular complexity index is 349. The molecule has 17 heavy (non-hydrogen) atoms. The lowest BCUT2D eigenvalue weighted by Gasteiger charge is -2.09. The summed E-state index contributed by atoms with van der Waals surface area (Å²) in [7, 11) is -3.72. The Kier molecular flexibility index (Phi) is 5.89. The van der Waals surface area contributed by atoms with Crippen LogP contribution in [0, 0.1) is 5.92 Å². The first-order valence-corrected chi connectivity index (χ1v) is 6.43. The fraction of sp³-hybridized carbons (Fsp3) is 0.875. The van der Waals surface area contributed by atoms with Crippen LogP contribution in [0.5, 0.6) is 0 Å². The highest BCUT2D eigenvalue weighted by atomic mass is 32.2. The summed E-state index contributed by atoms with van der Waals surface area (Å²) in [4.78, 5) is 10.4. The van der Waals surface area contributed by atoms with Gasteiger partial charge in [-0.05, 0) is 0 Å². The van der Waals surface area contributed by atoms with E-state index in [2.05, 4.69) is 4.74 Å². The zero-order chi connectivity index (χ0) is 13.7. The van der Waals surface area contributed by atoms with Gasteiger partial charge in [0, 0.05) is 0 Å². The van der Waals surface area contributed by atoms with Gasteiger partial charge in [-0.15, -0.1) is 0 Å². The van der Waals surface area contributed by atoms with Gasteiger partial charge in [0.15, 0.2) is 9.84 Å². The maximum atomic E-state index is 11.6. The first-order chi connectivity index (χ1) is 7.53. The second-order valence-electron chi connectivity index (χ2n) is 3.52. The Labute approximate surface area is 96.5 Å². The molecule has 1 N–H and O–H groups in total. The monoisotopic (exact) mass is 278 g/mol. The largest absolute Gasteiger partial charge is 0.481 e. The molecule has 1 atom stereocenters. The van der Waals surface area contributed by atoms with Crippen LogP contribution in [0.1, 0.15) is 6.92 Å². The molecule has 0 aromatic carbocycles. The number of carboxylic acids is 1. The van der Waals surface area contributed by atoms with Crippen molar-refractivity contribution in [1.29, 1.82) is 0 Å². The fourth-order valence-corrected chi connectivity index (χ4v) is 2.35. The normalized spacial score (nSPS) is 14.6. The maximum Gasteiger partial charge on any atom is 0.411 e. The molecule has 0 saturated carbocycles. The van der Waals surface area contributed by atoms with Crippen LogP contribution in [0.25, 0.3) is 0 Å². The second kappa shape index (κ2) is 6.20. The molecule has 0 spiro atoms. The summed E-state index contributed by atoms with van der Waals surface area (Å²) in [6, 6.07) is 0. The number of hydrogen-bond acceptors (Lipinski definition) is 4. The average Bonchev–Trinajstić information content (AvgIpc) is 2.10. The molecule has 1 unspecified atom stereocenters. The van der Waals surface area contributed by atoms with Crippen molar-refractivity contribution < 1.29 is 36.2 Å². The number of halogens is 3. The summed E-state index contributed by atoms with van der Waals surface area (Å²) >= 11 is 0. The zero-order valence-corrected chi connectivity index (χ0v) is 9.84. The third kappa shape index (κ3) is 8.93. The molecular weight excluding hydrogens is 265 g/mol. The first-order valence-electron chi connectivity index (χ1n) is 4.61. The molecule has 0 rings (SSSR count). The standard InChI is InChI=1S/C8H13F3O5S/c1-6(7(12)13)4-17(14,15)3-2-16-5-8(9,10)11/h6H,2-5H2,1H3,(H,12,13). The molecule has 0 saturated heterocycles. The molecule has 0 aromatic heterocycles. The highest BCUT2D eigenvalue weighted by Crippen LogP contribution is 2.14. The minimum Gasteiger partial charge on any atom is -0.481 e. The maximum absolute atomic E-state index is 11.6. The van der Waals surface area contributed by atoms with Crippen LogP contribution in [-0.2, 0) is 19.4 Å². The van der Waals surface area contributed by atoms with Gasteiger partial charge in [0.1, 0.15) is 6.61 Å². The predicted molar refractivity (Wildman–Crippen MR) is 52.3 cm³/mol. The molecule has 0 aliphatic heterocycles. The van der Waals surface area contributed by atoms with Crippen LogP contribution >= 0.6 is 0 Å². The molecule has 0 aliphatic rings. The molecular formula is C8H13F3O5S. The number of ether oxygens (including phenoxy) is 1. The van der Waals surface area contributed by atoms with Gasteiger partial charge in [-0.3, -0.25) is 4.79 Å². The Morgan fingerprint density at radius 3 is 2.35 bits per heavy atom. The van der Waals surface area contributed by atoms with E-state index in [1.165, 1.54) is 6.92 Å². The second-order valence-corrected chi connectivity index (χ2v) is 5.75. The molecule has 0 aliphatic carbocycles. The average molecular weight is 278 g/mol. The van der Waals surface area contributed by atoms with Gasteiger partial charge in [-0.2, -0.15) is 13.2 Å². The molecule has 102 valence electrons. The van der Waals surface area contributed by atoms with E-state index in [9.17, 15) is 26.4 Å². The quantitative estimate of drug-likeness (QED) is 0.693. The van der Waals surface area contributed by atoms with Gasteiger partial charge in [-0.25, -0.2) is 8.42 Å². The molecule has 0 heterocycles. The van der Waals surface area contributed by atoms with Crippen molar-refractivity contribution >= 4 is 15.8 Å². The van der Waals surface area contributed by atoms with E-state index in [1.54, 1.807) is 0 Å². The van der Waals surface area contributed by atoms with Crippen LogP contribution in [0.2, 0.25) is 0 Å². The van der Waals surface area contributed by atoms with Gasteiger partial charge in [-0.1, -0.05) is 6.92 Å². The van der Waals surface area contributed by atoms with Crippen molar-refractivity contribution in [2.24, 2.45) is 5.92 Å². The smallest absolute Gasteiger partial charge is 0.411 e. The summed E-state index contributed by atoms with van der Waals surface area (Å²) in [5.74, 6) is -3.61. The van der Waals surface area contributed by atoms with Gasteiger partial charge in [0.25, 0.3) is 0 Å². The Hall–Kier alpha value is -0.830. The van der Waals surface area contributed by atoms with Gasteiger partial charge in [0.2, 0.25) is 0 Å². The van der Waals surface area contributed by atoms with Gasteiger partial charge < -0.3 is 9.84 Å². The van der Waals surface area contributed by atoms with Crippen molar-refractivity contribution in [2.75, 3.05) is 24.7 Å². The van der Waals surface area contributed by atoms with E-state index >= 15 is 0 Å². The van der Waals surface area contributed by atoms with Crippen molar-refractivity contribution in [3.05, 3.63) is 0 Å². The number of hydrogen-bond donors (Lipinski definition) is 1. The number of carbonyl (C=O) groups is 1. The summed E-state index contributed by atoms with van der Waals surface area (Å²) in [6.07, 6.45) is -4.50. The number of rotatable bonds is 7. The minimum absolute atomic E-state index is 0.603. The molecule has 5 nitrogen and oxygen atoms in total. The topological polar surface area (TPSA) is 80.7 Å². The molecule has 0 amide bonds. The van der Waals surface area contributed by atoms with Crippen molar-refractivity contribution in [2.45, 2.75) is 13.1 Å². The minimum atomic E-state index is -4.50. The lowest BCUT2D eigenvalue weighted by Crippen LogP contribution is -2.26. The number of sulfone groups is 1. The molecule has 0 aromatic rings. The summed E-state index contributed by atoms with van der Waals surface area (Å²) < 4.78 is 61.5. The molecule has 0 radical (unpaired) electrons. The van der Waals surface area contributed by atoms with Crippen molar-refractivity contribution in [3.63, 3.8) is 0 Å². The Morgan fingerprint density at radius 2 is 1.94 bits per heavy atom. The predicted octanol–water partition coefficient (Wildman–Crippen LogP) is 0.701.